The van der Waals surface area contributed by atoms with Crippen LogP contribution in [0.15, 0.2) is 0 Å². The normalized spacial score (nSPS) is 18.1. The molecule has 0 aromatic carbocycles. The molecule has 1 aliphatic carbocycles. The molecular weight excluding hydrogens is 248 g/mol. The first kappa shape index (κ1) is 15.8. The van der Waals surface area contributed by atoms with Gasteiger partial charge in [0, 0.05) is 20.2 Å². The zero-order valence-corrected chi connectivity index (χ0v) is 11.9. The molecule has 1 aliphatic rings. The number of methoxy groups -OCH3 is 1. The van der Waals surface area contributed by atoms with Gasteiger partial charge in [-0.3, -0.25) is 4.79 Å². The first-order valence-corrected chi connectivity index (χ1v) is 6.62. The maximum atomic E-state index is 11.7. The van der Waals surface area contributed by atoms with Gasteiger partial charge in [-0.25, -0.2) is 4.79 Å². The lowest BCUT2D eigenvalue weighted by Gasteiger charge is -2.26. The molecule has 6 heteroatoms. The summed E-state index contributed by atoms with van der Waals surface area (Å²) in [6.07, 6.45) is 3.08. The van der Waals surface area contributed by atoms with Gasteiger partial charge in [-0.2, -0.15) is 0 Å². The van der Waals surface area contributed by atoms with Gasteiger partial charge in [0.05, 0.1) is 11.0 Å². The maximum Gasteiger partial charge on any atom is 0.314 e. The van der Waals surface area contributed by atoms with Crippen LogP contribution in [0.25, 0.3) is 0 Å². The van der Waals surface area contributed by atoms with Gasteiger partial charge in [0.15, 0.2) is 0 Å². The van der Waals surface area contributed by atoms with Gasteiger partial charge in [0.1, 0.15) is 0 Å². The quantitative estimate of drug-likeness (QED) is 0.681. The molecule has 0 saturated heterocycles. The number of carboxylic acid groups (broad SMARTS) is 1. The van der Waals surface area contributed by atoms with Gasteiger partial charge in [0.25, 0.3) is 0 Å². The average Bonchev–Trinajstić information content (AvgIpc) is 2.84. The second kappa shape index (κ2) is 6.23. The average molecular weight is 272 g/mol. The van der Waals surface area contributed by atoms with Crippen molar-refractivity contribution in [1.82, 2.24) is 10.6 Å². The Balaban J connectivity index is 2.39. The van der Waals surface area contributed by atoms with Crippen LogP contribution in [0.2, 0.25) is 0 Å². The molecule has 1 rings (SSSR count). The van der Waals surface area contributed by atoms with E-state index >= 15 is 0 Å². The van der Waals surface area contributed by atoms with Crippen molar-refractivity contribution >= 4 is 12.0 Å². The molecule has 0 spiro atoms. The number of ether oxygens (including phenoxy) is 1. The summed E-state index contributed by atoms with van der Waals surface area (Å²) in [5, 5.41) is 14.6. The molecule has 0 heterocycles. The van der Waals surface area contributed by atoms with Crippen molar-refractivity contribution < 1.29 is 19.4 Å². The SMILES string of the molecule is COC(C)(C)CNC(=O)NCC1(C(=O)O)CCCC1. The Kier molecular flexibility index (Phi) is 5.17. The van der Waals surface area contributed by atoms with Gasteiger partial charge in [-0.15, -0.1) is 0 Å². The summed E-state index contributed by atoms with van der Waals surface area (Å²) in [6, 6.07) is -0.349. The molecule has 110 valence electrons. The Hall–Kier alpha value is -1.30. The fraction of sp³-hybridized carbons (Fsp3) is 0.846. The van der Waals surface area contributed by atoms with E-state index < -0.39 is 17.0 Å². The molecule has 6 nitrogen and oxygen atoms in total. The van der Waals surface area contributed by atoms with Gasteiger partial charge < -0.3 is 20.5 Å². The van der Waals surface area contributed by atoms with E-state index in [1.165, 1.54) is 0 Å². The zero-order chi connectivity index (χ0) is 14.5. The number of carbonyl (C=O) groups is 2. The van der Waals surface area contributed by atoms with Crippen LogP contribution in [-0.4, -0.2) is 42.9 Å². The third-order valence-electron chi connectivity index (χ3n) is 3.83. The van der Waals surface area contributed by atoms with Crippen molar-refractivity contribution in [1.29, 1.82) is 0 Å². The molecule has 2 amide bonds. The summed E-state index contributed by atoms with van der Waals surface area (Å²) in [5.41, 5.74) is -1.22. The summed E-state index contributed by atoms with van der Waals surface area (Å²) in [5.74, 6) is -0.817. The van der Waals surface area contributed by atoms with Crippen LogP contribution in [0, 0.1) is 5.41 Å². The third kappa shape index (κ3) is 4.38. The molecule has 0 atom stereocenters. The molecule has 0 bridgehead atoms. The van der Waals surface area contributed by atoms with Crippen molar-refractivity contribution in [3.63, 3.8) is 0 Å². The number of nitrogens with one attached hydrogen (secondary N) is 2. The maximum absolute atomic E-state index is 11.7. The lowest BCUT2D eigenvalue weighted by molar-refractivity contribution is -0.148. The molecule has 1 saturated carbocycles. The highest BCUT2D eigenvalue weighted by Crippen LogP contribution is 2.37. The van der Waals surface area contributed by atoms with Crippen LogP contribution in [0.5, 0.6) is 0 Å². The smallest absolute Gasteiger partial charge is 0.314 e. The minimum absolute atomic E-state index is 0.182. The van der Waals surface area contributed by atoms with E-state index in [0.717, 1.165) is 12.8 Å². The standard InChI is InChI=1S/C13H24N2O4/c1-12(2,19-3)8-14-11(18)15-9-13(10(16)17)6-4-5-7-13/h4-9H2,1-3H3,(H,16,17)(H2,14,15,18). The molecule has 0 aromatic heterocycles. The van der Waals surface area contributed by atoms with Crippen molar-refractivity contribution in [2.75, 3.05) is 20.2 Å². The topological polar surface area (TPSA) is 87.7 Å². The van der Waals surface area contributed by atoms with Crippen LogP contribution in [0.4, 0.5) is 4.79 Å². The first-order valence-electron chi connectivity index (χ1n) is 6.62. The predicted molar refractivity (Wildman–Crippen MR) is 71.0 cm³/mol. The van der Waals surface area contributed by atoms with Crippen molar-refractivity contribution in [3.05, 3.63) is 0 Å². The van der Waals surface area contributed by atoms with Crippen LogP contribution in [-0.2, 0) is 9.53 Å². The molecule has 0 aromatic rings. The van der Waals surface area contributed by atoms with Crippen LogP contribution < -0.4 is 10.6 Å². The molecule has 0 aliphatic heterocycles. The summed E-state index contributed by atoms with van der Waals surface area (Å²) < 4.78 is 5.19. The number of amides is 2. The highest BCUT2D eigenvalue weighted by Gasteiger charge is 2.41. The largest absolute Gasteiger partial charge is 0.481 e. The Morgan fingerprint density at radius 1 is 1.26 bits per heavy atom. The Morgan fingerprint density at radius 3 is 2.32 bits per heavy atom. The third-order valence-corrected chi connectivity index (χ3v) is 3.83. The van der Waals surface area contributed by atoms with E-state index in [4.69, 9.17) is 4.74 Å². The van der Waals surface area contributed by atoms with E-state index in [1.807, 2.05) is 13.8 Å². The summed E-state index contributed by atoms with van der Waals surface area (Å²) >= 11 is 0. The number of urea groups is 1. The van der Waals surface area contributed by atoms with E-state index in [-0.39, 0.29) is 12.6 Å². The Labute approximate surface area is 113 Å². The van der Waals surface area contributed by atoms with E-state index in [1.54, 1.807) is 7.11 Å². The molecule has 19 heavy (non-hydrogen) atoms. The van der Waals surface area contributed by atoms with Crippen molar-refractivity contribution in [2.24, 2.45) is 5.41 Å². The lowest BCUT2D eigenvalue weighted by Crippen LogP contribution is -2.48. The fourth-order valence-corrected chi connectivity index (χ4v) is 2.20. The van der Waals surface area contributed by atoms with E-state index in [2.05, 4.69) is 10.6 Å². The van der Waals surface area contributed by atoms with E-state index in [9.17, 15) is 14.7 Å². The number of aliphatic carboxylic acids is 1. The predicted octanol–water partition coefficient (Wildman–Crippen LogP) is 1.36. The minimum atomic E-state index is -0.817. The van der Waals surface area contributed by atoms with Crippen LogP contribution >= 0.6 is 0 Å². The highest BCUT2D eigenvalue weighted by molar-refractivity contribution is 5.78. The zero-order valence-electron chi connectivity index (χ0n) is 11.9. The number of rotatable bonds is 6. The van der Waals surface area contributed by atoms with E-state index in [0.29, 0.717) is 19.4 Å². The second-order valence-electron chi connectivity index (χ2n) is 5.79. The fourth-order valence-electron chi connectivity index (χ4n) is 2.20. The number of hydrogen-bond acceptors (Lipinski definition) is 3. The van der Waals surface area contributed by atoms with Gasteiger partial charge in [-0.05, 0) is 26.7 Å². The van der Waals surface area contributed by atoms with Gasteiger partial charge in [-0.1, -0.05) is 12.8 Å². The Morgan fingerprint density at radius 2 is 1.84 bits per heavy atom. The van der Waals surface area contributed by atoms with Crippen LogP contribution in [0.3, 0.4) is 0 Å². The van der Waals surface area contributed by atoms with Gasteiger partial charge in [0.2, 0.25) is 0 Å². The second-order valence-corrected chi connectivity index (χ2v) is 5.79. The highest BCUT2D eigenvalue weighted by atomic mass is 16.5. The lowest BCUT2D eigenvalue weighted by atomic mass is 9.86. The van der Waals surface area contributed by atoms with Gasteiger partial charge >= 0.3 is 12.0 Å². The Bertz CT molecular complexity index is 336. The minimum Gasteiger partial charge on any atom is -0.481 e. The molecule has 1 fully saturated rings. The molecule has 0 unspecified atom stereocenters. The summed E-state index contributed by atoms with van der Waals surface area (Å²) in [6.45, 7) is 4.28. The first-order chi connectivity index (χ1) is 8.81. The summed E-state index contributed by atoms with van der Waals surface area (Å²) in [7, 11) is 1.58. The van der Waals surface area contributed by atoms with Crippen molar-refractivity contribution in [2.45, 2.75) is 45.1 Å². The molecule has 0 radical (unpaired) electrons. The monoisotopic (exact) mass is 272 g/mol. The number of hydrogen-bond donors (Lipinski definition) is 3. The number of carbonyl (C=O) groups excluding carboxylic acids is 1. The number of carboxylic acids is 1. The molecular formula is C13H24N2O4. The van der Waals surface area contributed by atoms with Crippen LogP contribution in [0.1, 0.15) is 39.5 Å². The van der Waals surface area contributed by atoms with Crippen molar-refractivity contribution in [3.8, 4) is 0 Å². The summed E-state index contributed by atoms with van der Waals surface area (Å²) in [4.78, 5) is 23.0. The molecule has 3 N–H and O–H groups in total.